The smallest absolute Gasteiger partial charge is 0.338 e. The Labute approximate surface area is 175 Å². The number of benzene rings is 1. The quantitative estimate of drug-likeness (QED) is 0.478. The number of ether oxygens (including phenoxy) is 2. The standard InChI is InChI=1S/C19H25N3O7S/c1-4-28-18(24)17-12(2)21-19(25)22-15(17)11-29-16(23)10-7-13-5-8-14(9-6-13)30(26,27)20-3/h5-6,8-9,12,20H,4,7,10-11H2,1-3H3,(H2,21,22,25). The SMILES string of the molecule is CCOC(=O)C1=C(COC(=O)CCc2ccc(S(=O)(=O)NC)cc2)NC(=O)NC1C. The number of aryl methyl sites for hydroxylation is 1. The number of esters is 2. The van der Waals surface area contributed by atoms with E-state index in [1.807, 2.05) is 0 Å². The highest BCUT2D eigenvalue weighted by Gasteiger charge is 2.30. The van der Waals surface area contributed by atoms with Crippen molar-refractivity contribution in [2.75, 3.05) is 20.3 Å². The van der Waals surface area contributed by atoms with Crippen LogP contribution in [0.3, 0.4) is 0 Å². The van der Waals surface area contributed by atoms with Crippen LogP contribution >= 0.6 is 0 Å². The highest BCUT2D eigenvalue weighted by atomic mass is 32.2. The zero-order valence-electron chi connectivity index (χ0n) is 17.0. The first-order valence-electron chi connectivity index (χ1n) is 9.33. The summed E-state index contributed by atoms with van der Waals surface area (Å²) in [5, 5.41) is 5.04. The Morgan fingerprint density at radius 3 is 2.43 bits per heavy atom. The van der Waals surface area contributed by atoms with Crippen molar-refractivity contribution < 1.29 is 32.3 Å². The molecule has 0 saturated heterocycles. The Morgan fingerprint density at radius 1 is 1.17 bits per heavy atom. The van der Waals surface area contributed by atoms with Crippen molar-refractivity contribution in [3.8, 4) is 0 Å². The van der Waals surface area contributed by atoms with Crippen molar-refractivity contribution in [2.24, 2.45) is 0 Å². The molecule has 0 fully saturated rings. The van der Waals surface area contributed by atoms with Gasteiger partial charge in [-0.1, -0.05) is 12.1 Å². The van der Waals surface area contributed by atoms with E-state index in [-0.39, 0.29) is 35.8 Å². The number of rotatable bonds is 9. The number of hydrogen-bond acceptors (Lipinski definition) is 7. The van der Waals surface area contributed by atoms with Crippen LogP contribution in [0.5, 0.6) is 0 Å². The minimum absolute atomic E-state index is 0.0435. The summed E-state index contributed by atoms with van der Waals surface area (Å²) in [6, 6.07) is 5.06. The zero-order chi connectivity index (χ0) is 22.3. The first-order valence-corrected chi connectivity index (χ1v) is 10.8. The van der Waals surface area contributed by atoms with Gasteiger partial charge in [-0.05, 0) is 45.0 Å². The summed E-state index contributed by atoms with van der Waals surface area (Å²) < 4.78 is 35.9. The van der Waals surface area contributed by atoms with Gasteiger partial charge < -0.3 is 20.1 Å². The Morgan fingerprint density at radius 2 is 1.83 bits per heavy atom. The zero-order valence-corrected chi connectivity index (χ0v) is 17.8. The van der Waals surface area contributed by atoms with Gasteiger partial charge in [0.05, 0.1) is 28.8 Å². The predicted molar refractivity (Wildman–Crippen MR) is 107 cm³/mol. The van der Waals surface area contributed by atoms with Gasteiger partial charge >= 0.3 is 18.0 Å². The van der Waals surface area contributed by atoms with E-state index in [9.17, 15) is 22.8 Å². The predicted octanol–water partition coefficient (Wildman–Crippen LogP) is 0.589. The lowest BCUT2D eigenvalue weighted by molar-refractivity contribution is -0.143. The fourth-order valence-electron chi connectivity index (χ4n) is 2.82. The van der Waals surface area contributed by atoms with Crippen LogP contribution in [0.4, 0.5) is 4.79 Å². The van der Waals surface area contributed by atoms with E-state index in [0.717, 1.165) is 5.56 Å². The van der Waals surface area contributed by atoms with Crippen LogP contribution in [-0.4, -0.2) is 52.7 Å². The number of carbonyl (C=O) groups excluding carboxylic acids is 3. The van der Waals surface area contributed by atoms with E-state index < -0.39 is 34.0 Å². The van der Waals surface area contributed by atoms with Crippen LogP contribution in [0.1, 0.15) is 25.8 Å². The van der Waals surface area contributed by atoms with Crippen molar-refractivity contribution in [1.82, 2.24) is 15.4 Å². The molecule has 164 valence electrons. The molecule has 1 unspecified atom stereocenters. The molecule has 0 aliphatic carbocycles. The van der Waals surface area contributed by atoms with Crippen molar-refractivity contribution in [2.45, 2.75) is 37.6 Å². The molecule has 1 atom stereocenters. The molecule has 1 aromatic rings. The summed E-state index contributed by atoms with van der Waals surface area (Å²) in [6.45, 7) is 3.19. The molecule has 1 heterocycles. The lowest BCUT2D eigenvalue weighted by Gasteiger charge is -2.26. The highest BCUT2D eigenvalue weighted by molar-refractivity contribution is 7.89. The van der Waals surface area contributed by atoms with E-state index in [1.165, 1.54) is 19.2 Å². The molecule has 0 radical (unpaired) electrons. The van der Waals surface area contributed by atoms with Crippen LogP contribution < -0.4 is 15.4 Å². The van der Waals surface area contributed by atoms with Crippen LogP contribution in [-0.2, 0) is 35.5 Å². The van der Waals surface area contributed by atoms with Crippen molar-refractivity contribution in [1.29, 1.82) is 0 Å². The molecule has 1 aromatic carbocycles. The maximum absolute atomic E-state index is 12.1. The number of sulfonamides is 1. The second-order valence-electron chi connectivity index (χ2n) is 6.45. The summed E-state index contributed by atoms with van der Waals surface area (Å²) >= 11 is 0. The molecule has 30 heavy (non-hydrogen) atoms. The van der Waals surface area contributed by atoms with Crippen molar-refractivity contribution in [3.05, 3.63) is 41.1 Å². The number of nitrogens with one attached hydrogen (secondary N) is 3. The molecule has 2 amide bonds. The summed E-state index contributed by atoms with van der Waals surface area (Å²) in [6.07, 6.45) is 0.384. The number of carbonyl (C=O) groups is 3. The molecule has 1 aliphatic heterocycles. The third-order valence-electron chi connectivity index (χ3n) is 4.36. The topological polar surface area (TPSA) is 140 Å². The Kier molecular flexibility index (Phi) is 7.95. The first-order chi connectivity index (χ1) is 14.2. The molecule has 0 aromatic heterocycles. The molecule has 10 nitrogen and oxygen atoms in total. The maximum Gasteiger partial charge on any atom is 0.338 e. The molecular formula is C19H25N3O7S. The van der Waals surface area contributed by atoms with Gasteiger partial charge in [-0.2, -0.15) is 0 Å². The van der Waals surface area contributed by atoms with E-state index in [0.29, 0.717) is 6.42 Å². The summed E-state index contributed by atoms with van der Waals surface area (Å²) in [5.41, 5.74) is 1.14. The molecule has 0 bridgehead atoms. The van der Waals surface area contributed by atoms with Gasteiger partial charge in [0.15, 0.2) is 0 Å². The average Bonchev–Trinajstić information content (AvgIpc) is 2.70. The van der Waals surface area contributed by atoms with E-state index in [2.05, 4.69) is 15.4 Å². The van der Waals surface area contributed by atoms with Gasteiger partial charge in [0.2, 0.25) is 10.0 Å². The summed E-state index contributed by atoms with van der Waals surface area (Å²) in [4.78, 5) is 36.1. The Hall–Kier alpha value is -2.92. The first kappa shape index (κ1) is 23.4. The van der Waals surface area contributed by atoms with E-state index in [4.69, 9.17) is 9.47 Å². The second kappa shape index (κ2) is 10.2. The maximum atomic E-state index is 12.1. The lowest BCUT2D eigenvalue weighted by atomic mass is 10.0. The van der Waals surface area contributed by atoms with E-state index in [1.54, 1.807) is 26.0 Å². The largest absolute Gasteiger partial charge is 0.463 e. The third-order valence-corrected chi connectivity index (χ3v) is 5.79. The van der Waals surface area contributed by atoms with Crippen LogP contribution in [0.15, 0.2) is 40.4 Å². The molecular weight excluding hydrogens is 414 g/mol. The normalized spacial score (nSPS) is 16.5. The monoisotopic (exact) mass is 439 g/mol. The molecule has 3 N–H and O–H groups in total. The minimum atomic E-state index is -3.52. The van der Waals surface area contributed by atoms with E-state index >= 15 is 0 Å². The van der Waals surface area contributed by atoms with Crippen molar-refractivity contribution in [3.63, 3.8) is 0 Å². The number of amides is 2. The van der Waals surface area contributed by atoms with Crippen LogP contribution in [0.2, 0.25) is 0 Å². The molecule has 1 aliphatic rings. The second-order valence-corrected chi connectivity index (χ2v) is 8.33. The molecule has 2 rings (SSSR count). The van der Waals surface area contributed by atoms with Gasteiger partial charge in [-0.15, -0.1) is 0 Å². The van der Waals surface area contributed by atoms with Gasteiger partial charge in [-0.3, -0.25) is 4.79 Å². The van der Waals surface area contributed by atoms with Crippen molar-refractivity contribution >= 4 is 28.0 Å². The van der Waals surface area contributed by atoms with Crippen LogP contribution in [0, 0.1) is 0 Å². The van der Waals surface area contributed by atoms with Crippen LogP contribution in [0.25, 0.3) is 0 Å². The number of urea groups is 1. The third kappa shape index (κ3) is 6.04. The fraction of sp³-hybridized carbons (Fsp3) is 0.421. The van der Waals surface area contributed by atoms with Gasteiger partial charge in [-0.25, -0.2) is 22.7 Å². The van der Waals surface area contributed by atoms with Gasteiger partial charge in [0.1, 0.15) is 6.61 Å². The minimum Gasteiger partial charge on any atom is -0.463 e. The molecule has 0 spiro atoms. The summed E-state index contributed by atoms with van der Waals surface area (Å²) in [7, 11) is -2.19. The summed E-state index contributed by atoms with van der Waals surface area (Å²) in [5.74, 6) is -1.13. The van der Waals surface area contributed by atoms with Gasteiger partial charge in [0.25, 0.3) is 0 Å². The lowest BCUT2D eigenvalue weighted by Crippen LogP contribution is -2.50. The Bertz CT molecular complexity index is 939. The Balaban J connectivity index is 1.96. The molecule has 0 saturated carbocycles. The number of hydrogen-bond donors (Lipinski definition) is 3. The highest BCUT2D eigenvalue weighted by Crippen LogP contribution is 2.15. The molecule has 11 heteroatoms. The fourth-order valence-corrected chi connectivity index (χ4v) is 3.55. The van der Waals surface area contributed by atoms with Gasteiger partial charge in [0, 0.05) is 6.42 Å². The average molecular weight is 439 g/mol.